The van der Waals surface area contributed by atoms with Gasteiger partial charge in [0, 0.05) is 5.02 Å². The zero-order chi connectivity index (χ0) is 13.8. The smallest absolute Gasteiger partial charge is 0.320 e. The minimum absolute atomic E-state index is 0.319. The SMILES string of the molecule is NC(Cc1ccc(C2CCCCC2)c(Cl)c1)C(=O)O. The summed E-state index contributed by atoms with van der Waals surface area (Å²) in [4.78, 5) is 10.7. The molecule has 0 radical (unpaired) electrons. The predicted octanol–water partition coefficient (Wildman–Crippen LogP) is 3.34. The summed E-state index contributed by atoms with van der Waals surface area (Å²) in [5, 5.41) is 9.56. The van der Waals surface area contributed by atoms with Crippen molar-refractivity contribution in [3.8, 4) is 0 Å². The highest BCUT2D eigenvalue weighted by atomic mass is 35.5. The Labute approximate surface area is 118 Å². The second kappa shape index (κ2) is 6.40. The van der Waals surface area contributed by atoms with Gasteiger partial charge in [0.15, 0.2) is 0 Å². The van der Waals surface area contributed by atoms with Gasteiger partial charge in [-0.2, -0.15) is 0 Å². The van der Waals surface area contributed by atoms with E-state index in [-0.39, 0.29) is 0 Å². The highest BCUT2D eigenvalue weighted by Gasteiger charge is 2.19. The highest BCUT2D eigenvalue weighted by Crippen LogP contribution is 2.36. The molecule has 1 saturated carbocycles. The molecule has 0 saturated heterocycles. The van der Waals surface area contributed by atoms with Crippen LogP contribution in [0.3, 0.4) is 0 Å². The normalized spacial score (nSPS) is 18.2. The van der Waals surface area contributed by atoms with Crippen LogP contribution in [0.2, 0.25) is 5.02 Å². The molecule has 0 heterocycles. The molecule has 3 nitrogen and oxygen atoms in total. The van der Waals surface area contributed by atoms with Gasteiger partial charge in [-0.25, -0.2) is 0 Å². The van der Waals surface area contributed by atoms with Crippen molar-refractivity contribution in [2.24, 2.45) is 5.73 Å². The molecule has 1 fully saturated rings. The summed E-state index contributed by atoms with van der Waals surface area (Å²) in [7, 11) is 0. The number of benzene rings is 1. The number of carbonyl (C=O) groups is 1. The van der Waals surface area contributed by atoms with Gasteiger partial charge in [0.25, 0.3) is 0 Å². The molecule has 1 unspecified atom stereocenters. The van der Waals surface area contributed by atoms with Gasteiger partial charge in [-0.1, -0.05) is 43.0 Å². The monoisotopic (exact) mass is 281 g/mol. The van der Waals surface area contributed by atoms with Gasteiger partial charge in [-0.15, -0.1) is 0 Å². The Hall–Kier alpha value is -1.06. The van der Waals surface area contributed by atoms with E-state index in [9.17, 15) is 4.79 Å². The first-order chi connectivity index (χ1) is 9.08. The molecule has 0 bridgehead atoms. The van der Waals surface area contributed by atoms with Crippen LogP contribution >= 0.6 is 11.6 Å². The van der Waals surface area contributed by atoms with E-state index in [4.69, 9.17) is 22.4 Å². The number of hydrogen-bond acceptors (Lipinski definition) is 2. The van der Waals surface area contributed by atoms with Crippen LogP contribution in [0.15, 0.2) is 18.2 Å². The first-order valence-corrected chi connectivity index (χ1v) is 7.22. The summed E-state index contributed by atoms with van der Waals surface area (Å²) in [5.41, 5.74) is 7.63. The van der Waals surface area contributed by atoms with Gasteiger partial charge in [-0.3, -0.25) is 4.79 Å². The van der Waals surface area contributed by atoms with Gasteiger partial charge in [0.2, 0.25) is 0 Å². The molecule has 1 aliphatic rings. The zero-order valence-corrected chi connectivity index (χ0v) is 11.7. The molecule has 19 heavy (non-hydrogen) atoms. The Morgan fingerprint density at radius 2 is 2.05 bits per heavy atom. The van der Waals surface area contributed by atoms with Crippen LogP contribution in [-0.4, -0.2) is 17.1 Å². The van der Waals surface area contributed by atoms with Crippen LogP contribution in [-0.2, 0) is 11.2 Å². The molecule has 1 aliphatic carbocycles. The summed E-state index contributed by atoms with van der Waals surface area (Å²) in [6, 6.07) is 5.01. The van der Waals surface area contributed by atoms with Crippen molar-refractivity contribution in [2.45, 2.75) is 50.5 Å². The predicted molar refractivity (Wildman–Crippen MR) is 76.6 cm³/mol. The summed E-state index contributed by atoms with van der Waals surface area (Å²) >= 11 is 6.34. The molecule has 2 rings (SSSR count). The molecule has 0 aliphatic heterocycles. The molecule has 1 atom stereocenters. The maximum absolute atomic E-state index is 10.7. The van der Waals surface area contributed by atoms with Crippen LogP contribution in [0.25, 0.3) is 0 Å². The zero-order valence-electron chi connectivity index (χ0n) is 10.9. The van der Waals surface area contributed by atoms with E-state index in [1.807, 2.05) is 18.2 Å². The fourth-order valence-electron chi connectivity index (χ4n) is 2.78. The third-order valence-corrected chi connectivity index (χ3v) is 4.21. The van der Waals surface area contributed by atoms with E-state index in [2.05, 4.69) is 0 Å². The lowest BCUT2D eigenvalue weighted by atomic mass is 9.83. The second-order valence-corrected chi connectivity index (χ2v) is 5.75. The maximum Gasteiger partial charge on any atom is 0.320 e. The topological polar surface area (TPSA) is 63.3 Å². The van der Waals surface area contributed by atoms with Crippen molar-refractivity contribution in [3.05, 3.63) is 34.3 Å². The standard InChI is InChI=1S/C15H20ClNO2/c16-13-8-10(9-14(17)15(18)19)6-7-12(13)11-4-2-1-3-5-11/h6-8,11,14H,1-5,9,17H2,(H,18,19). The minimum atomic E-state index is -0.979. The number of nitrogens with two attached hydrogens (primary N) is 1. The Morgan fingerprint density at radius 1 is 1.37 bits per heavy atom. The Morgan fingerprint density at radius 3 is 2.63 bits per heavy atom. The van der Waals surface area contributed by atoms with Crippen LogP contribution in [0.5, 0.6) is 0 Å². The Bertz CT molecular complexity index is 455. The lowest BCUT2D eigenvalue weighted by molar-refractivity contribution is -0.138. The lowest BCUT2D eigenvalue weighted by Crippen LogP contribution is -2.32. The molecule has 0 spiro atoms. The maximum atomic E-state index is 10.7. The van der Waals surface area contributed by atoms with E-state index in [0.717, 1.165) is 10.6 Å². The van der Waals surface area contributed by atoms with Crippen molar-refractivity contribution in [3.63, 3.8) is 0 Å². The molecular weight excluding hydrogens is 262 g/mol. The average Bonchev–Trinajstić information content (AvgIpc) is 2.39. The number of aliphatic carboxylic acids is 1. The van der Waals surface area contributed by atoms with Gasteiger partial charge >= 0.3 is 5.97 Å². The van der Waals surface area contributed by atoms with Crippen LogP contribution in [0, 0.1) is 0 Å². The molecule has 104 valence electrons. The van der Waals surface area contributed by atoms with Crippen LogP contribution in [0.1, 0.15) is 49.1 Å². The van der Waals surface area contributed by atoms with Gasteiger partial charge < -0.3 is 10.8 Å². The first-order valence-electron chi connectivity index (χ1n) is 6.84. The highest BCUT2D eigenvalue weighted by molar-refractivity contribution is 6.31. The number of carboxylic acids is 1. The molecule has 1 aromatic rings. The van der Waals surface area contributed by atoms with Crippen LogP contribution < -0.4 is 5.73 Å². The minimum Gasteiger partial charge on any atom is -0.480 e. The largest absolute Gasteiger partial charge is 0.480 e. The fraction of sp³-hybridized carbons (Fsp3) is 0.533. The van der Waals surface area contributed by atoms with Gasteiger partial charge in [0.1, 0.15) is 6.04 Å². The first kappa shape index (κ1) is 14.4. The second-order valence-electron chi connectivity index (χ2n) is 5.34. The number of hydrogen-bond donors (Lipinski definition) is 2. The number of carboxylic acid groups (broad SMARTS) is 1. The van der Waals surface area contributed by atoms with Crippen molar-refractivity contribution in [1.29, 1.82) is 0 Å². The average molecular weight is 282 g/mol. The van der Waals surface area contributed by atoms with E-state index < -0.39 is 12.0 Å². The van der Waals surface area contributed by atoms with Crippen molar-refractivity contribution in [1.82, 2.24) is 0 Å². The number of rotatable bonds is 4. The van der Waals surface area contributed by atoms with E-state index in [1.54, 1.807) is 0 Å². The number of halogens is 1. The molecule has 0 amide bonds. The molecule has 4 heteroatoms. The Kier molecular flexibility index (Phi) is 4.83. The van der Waals surface area contributed by atoms with Crippen molar-refractivity contribution >= 4 is 17.6 Å². The van der Waals surface area contributed by atoms with Crippen molar-refractivity contribution < 1.29 is 9.90 Å². The summed E-state index contributed by atoms with van der Waals surface area (Å²) in [5.74, 6) is -0.420. The molecule has 1 aromatic carbocycles. The summed E-state index contributed by atoms with van der Waals surface area (Å²) < 4.78 is 0. The Balaban J connectivity index is 2.10. The van der Waals surface area contributed by atoms with Gasteiger partial charge in [-0.05, 0) is 42.4 Å². The van der Waals surface area contributed by atoms with Gasteiger partial charge in [0.05, 0.1) is 0 Å². The van der Waals surface area contributed by atoms with Crippen molar-refractivity contribution in [2.75, 3.05) is 0 Å². The molecule has 3 N–H and O–H groups in total. The van der Waals surface area contributed by atoms with Crippen LogP contribution in [0.4, 0.5) is 0 Å². The lowest BCUT2D eigenvalue weighted by Gasteiger charge is -2.23. The summed E-state index contributed by atoms with van der Waals surface area (Å²) in [6.45, 7) is 0. The van der Waals surface area contributed by atoms with E-state index in [0.29, 0.717) is 12.3 Å². The third kappa shape index (κ3) is 3.71. The molecule has 0 aromatic heterocycles. The molecular formula is C15H20ClNO2. The third-order valence-electron chi connectivity index (χ3n) is 3.88. The summed E-state index contributed by atoms with van der Waals surface area (Å²) in [6.07, 6.45) is 6.58. The van der Waals surface area contributed by atoms with E-state index in [1.165, 1.54) is 37.7 Å². The van der Waals surface area contributed by atoms with E-state index >= 15 is 0 Å². The quantitative estimate of drug-likeness (QED) is 0.890. The fourth-order valence-corrected chi connectivity index (χ4v) is 3.14.